The monoisotopic (exact) mass is 460 g/mol. The molecule has 1 aliphatic rings. The SMILES string of the molecule is Cc1noc(C)c1S(=O)(=O)N[C@@H](C)C(=O)Nc1ccc(N2CCc3sccc3C2)cc1. The van der Waals surface area contributed by atoms with Gasteiger partial charge in [-0.15, -0.1) is 11.3 Å². The summed E-state index contributed by atoms with van der Waals surface area (Å²) in [4.78, 5) is 16.3. The van der Waals surface area contributed by atoms with Crippen molar-refractivity contribution in [3.05, 3.63) is 57.6 Å². The number of thiophene rings is 1. The number of carbonyl (C=O) groups is 1. The van der Waals surface area contributed by atoms with Crippen LogP contribution in [0.2, 0.25) is 0 Å². The molecule has 0 unspecified atom stereocenters. The highest BCUT2D eigenvalue weighted by Crippen LogP contribution is 2.28. The Morgan fingerprint density at radius 3 is 2.65 bits per heavy atom. The normalized spacial score (nSPS) is 14.9. The van der Waals surface area contributed by atoms with Gasteiger partial charge in [0, 0.05) is 29.3 Å². The van der Waals surface area contributed by atoms with E-state index in [1.54, 1.807) is 6.92 Å². The fourth-order valence-corrected chi connectivity index (χ4v) is 6.10. The summed E-state index contributed by atoms with van der Waals surface area (Å²) in [5.74, 6) is -0.274. The first kappa shape index (κ1) is 21.5. The van der Waals surface area contributed by atoms with Gasteiger partial charge >= 0.3 is 0 Å². The average molecular weight is 461 g/mol. The van der Waals surface area contributed by atoms with E-state index in [2.05, 4.69) is 31.5 Å². The second-order valence-electron chi connectivity index (χ2n) is 7.57. The number of nitrogens with zero attached hydrogens (tertiary/aromatic N) is 2. The van der Waals surface area contributed by atoms with Crippen molar-refractivity contribution in [2.24, 2.45) is 0 Å². The first-order valence-electron chi connectivity index (χ1n) is 9.91. The summed E-state index contributed by atoms with van der Waals surface area (Å²) in [6.07, 6.45) is 1.04. The van der Waals surface area contributed by atoms with Gasteiger partial charge in [-0.3, -0.25) is 4.79 Å². The van der Waals surface area contributed by atoms with Crippen LogP contribution in [0, 0.1) is 13.8 Å². The molecule has 31 heavy (non-hydrogen) atoms. The first-order valence-corrected chi connectivity index (χ1v) is 12.3. The third kappa shape index (κ3) is 4.51. The summed E-state index contributed by atoms with van der Waals surface area (Å²) in [5, 5.41) is 8.55. The molecule has 0 saturated carbocycles. The lowest BCUT2D eigenvalue weighted by Gasteiger charge is -2.29. The molecule has 1 aliphatic heterocycles. The van der Waals surface area contributed by atoms with Crippen molar-refractivity contribution in [2.75, 3.05) is 16.8 Å². The Hall–Kier alpha value is -2.69. The van der Waals surface area contributed by atoms with Gasteiger partial charge in [-0.05, 0) is 68.5 Å². The quantitative estimate of drug-likeness (QED) is 0.585. The molecule has 1 atom stereocenters. The Morgan fingerprint density at radius 2 is 1.97 bits per heavy atom. The highest BCUT2D eigenvalue weighted by Gasteiger charge is 2.28. The third-order valence-corrected chi connectivity index (χ3v) is 8.08. The van der Waals surface area contributed by atoms with E-state index in [0.717, 1.165) is 25.2 Å². The number of benzene rings is 1. The van der Waals surface area contributed by atoms with Gasteiger partial charge in [-0.1, -0.05) is 5.16 Å². The standard InChI is InChI=1S/C21H24N4O4S2/c1-13-20(15(3)29-23-13)31(27,28)24-14(2)21(26)22-17-4-6-18(7-5-17)25-10-8-19-16(12-25)9-11-30-19/h4-7,9,11,14,24H,8,10,12H2,1-3H3,(H,22,26)/t14-/m0/s1. The first-order chi connectivity index (χ1) is 14.7. The van der Waals surface area contributed by atoms with Gasteiger partial charge in [0.1, 0.15) is 10.6 Å². The Kier molecular flexibility index (Phi) is 5.87. The molecule has 2 aromatic heterocycles. The lowest BCUT2D eigenvalue weighted by Crippen LogP contribution is -2.41. The largest absolute Gasteiger partial charge is 0.367 e. The van der Waals surface area contributed by atoms with Crippen molar-refractivity contribution >= 4 is 38.6 Å². The maximum atomic E-state index is 12.6. The second-order valence-corrected chi connectivity index (χ2v) is 10.2. The molecule has 8 nitrogen and oxygen atoms in total. The molecule has 0 aliphatic carbocycles. The zero-order chi connectivity index (χ0) is 22.2. The number of anilines is 2. The van der Waals surface area contributed by atoms with Crippen molar-refractivity contribution < 1.29 is 17.7 Å². The molecule has 0 bridgehead atoms. The predicted octanol–water partition coefficient (Wildman–Crippen LogP) is 3.22. The van der Waals surface area contributed by atoms with Crippen LogP contribution >= 0.6 is 11.3 Å². The Balaban J connectivity index is 1.38. The van der Waals surface area contributed by atoms with Gasteiger partial charge < -0.3 is 14.7 Å². The zero-order valence-electron chi connectivity index (χ0n) is 17.5. The average Bonchev–Trinajstić information content (AvgIpc) is 3.33. The van der Waals surface area contributed by atoms with Crippen molar-refractivity contribution in [1.82, 2.24) is 9.88 Å². The number of hydrogen-bond donors (Lipinski definition) is 2. The number of carbonyl (C=O) groups excluding carboxylic acids is 1. The van der Waals surface area contributed by atoms with Crippen LogP contribution in [-0.2, 0) is 27.8 Å². The molecule has 0 saturated heterocycles. The molecule has 3 heterocycles. The fourth-order valence-electron chi connectivity index (χ4n) is 3.68. The summed E-state index contributed by atoms with van der Waals surface area (Å²) >= 11 is 1.81. The van der Waals surface area contributed by atoms with Gasteiger partial charge in [0.05, 0.1) is 6.04 Å². The van der Waals surface area contributed by atoms with Crippen molar-refractivity contribution in [2.45, 2.75) is 44.7 Å². The molecule has 0 radical (unpaired) electrons. The third-order valence-electron chi connectivity index (χ3n) is 5.27. The summed E-state index contributed by atoms with van der Waals surface area (Å²) in [6.45, 7) is 6.39. The maximum absolute atomic E-state index is 12.6. The van der Waals surface area contributed by atoms with Gasteiger partial charge in [0.25, 0.3) is 0 Å². The number of amides is 1. The Morgan fingerprint density at radius 1 is 1.23 bits per heavy atom. The highest BCUT2D eigenvalue weighted by atomic mass is 32.2. The molecular formula is C21H24N4O4S2. The molecule has 2 N–H and O–H groups in total. The molecule has 4 rings (SSSR count). The molecule has 0 fully saturated rings. The molecule has 164 valence electrons. The summed E-state index contributed by atoms with van der Waals surface area (Å²) < 4.78 is 32.5. The van der Waals surface area contributed by atoms with Crippen LogP contribution in [0.5, 0.6) is 0 Å². The van der Waals surface area contributed by atoms with Crippen LogP contribution in [0.3, 0.4) is 0 Å². The molecule has 3 aromatic rings. The summed E-state index contributed by atoms with van der Waals surface area (Å²) in [6, 6.07) is 8.78. The van der Waals surface area contributed by atoms with Crippen molar-refractivity contribution in [1.29, 1.82) is 0 Å². The van der Waals surface area contributed by atoms with Gasteiger partial charge in [-0.2, -0.15) is 4.72 Å². The summed E-state index contributed by atoms with van der Waals surface area (Å²) in [5.41, 5.74) is 3.31. The number of aryl methyl sites for hydroxylation is 2. The lowest BCUT2D eigenvalue weighted by atomic mass is 10.1. The van der Waals surface area contributed by atoms with Crippen LogP contribution in [0.4, 0.5) is 11.4 Å². The van der Waals surface area contributed by atoms with Crippen LogP contribution in [0.1, 0.15) is 28.8 Å². The minimum atomic E-state index is -3.93. The molecule has 1 amide bonds. The number of nitrogens with one attached hydrogen (secondary N) is 2. The van der Waals surface area contributed by atoms with E-state index in [9.17, 15) is 13.2 Å². The van der Waals surface area contributed by atoms with Gasteiger partial charge in [-0.25, -0.2) is 8.42 Å². The van der Waals surface area contributed by atoms with E-state index >= 15 is 0 Å². The number of sulfonamides is 1. The minimum absolute atomic E-state index is 0.0354. The number of hydrogen-bond acceptors (Lipinski definition) is 7. The molecular weight excluding hydrogens is 436 g/mol. The smallest absolute Gasteiger partial charge is 0.246 e. The van der Waals surface area contributed by atoms with Crippen LogP contribution in [0.25, 0.3) is 0 Å². The van der Waals surface area contributed by atoms with E-state index in [-0.39, 0.29) is 16.3 Å². The van der Waals surface area contributed by atoms with Crippen LogP contribution in [-0.4, -0.2) is 32.1 Å². The number of aromatic nitrogens is 1. The van der Waals surface area contributed by atoms with E-state index in [1.807, 2.05) is 35.6 Å². The summed E-state index contributed by atoms with van der Waals surface area (Å²) in [7, 11) is -3.93. The highest BCUT2D eigenvalue weighted by molar-refractivity contribution is 7.89. The Labute approximate surface area is 185 Å². The molecule has 10 heteroatoms. The Bertz CT molecular complexity index is 1180. The van der Waals surface area contributed by atoms with E-state index in [0.29, 0.717) is 5.69 Å². The fraction of sp³-hybridized carbons (Fsp3) is 0.333. The number of rotatable bonds is 6. The van der Waals surface area contributed by atoms with Crippen molar-refractivity contribution in [3.63, 3.8) is 0 Å². The predicted molar refractivity (Wildman–Crippen MR) is 120 cm³/mol. The topological polar surface area (TPSA) is 105 Å². The van der Waals surface area contributed by atoms with Crippen molar-refractivity contribution in [3.8, 4) is 0 Å². The maximum Gasteiger partial charge on any atom is 0.246 e. The van der Waals surface area contributed by atoms with E-state index in [4.69, 9.17) is 4.52 Å². The molecule has 1 aromatic carbocycles. The minimum Gasteiger partial charge on any atom is -0.367 e. The van der Waals surface area contributed by atoms with E-state index < -0.39 is 22.0 Å². The van der Waals surface area contributed by atoms with Crippen LogP contribution < -0.4 is 14.9 Å². The van der Waals surface area contributed by atoms with Crippen LogP contribution in [0.15, 0.2) is 45.1 Å². The number of fused-ring (bicyclic) bond motifs is 1. The van der Waals surface area contributed by atoms with Gasteiger partial charge in [0.2, 0.25) is 15.9 Å². The van der Waals surface area contributed by atoms with E-state index in [1.165, 1.54) is 24.3 Å². The van der Waals surface area contributed by atoms with Gasteiger partial charge in [0.15, 0.2) is 5.76 Å². The second kappa shape index (κ2) is 8.45. The zero-order valence-corrected chi connectivity index (χ0v) is 19.1. The molecule has 0 spiro atoms. The lowest BCUT2D eigenvalue weighted by molar-refractivity contribution is -0.117.